The highest BCUT2D eigenvalue weighted by atomic mass is 35.5. The van der Waals surface area contributed by atoms with E-state index in [1.54, 1.807) is 41.7 Å². The molecule has 0 saturated carbocycles. The summed E-state index contributed by atoms with van der Waals surface area (Å²) in [4.78, 5) is 49.7. The molecule has 0 aliphatic carbocycles. The summed E-state index contributed by atoms with van der Waals surface area (Å²) < 4.78 is 30.6. The Morgan fingerprint density at radius 1 is 0.855 bits per heavy atom. The maximum Gasteiger partial charge on any atom is 0.358 e. The summed E-state index contributed by atoms with van der Waals surface area (Å²) in [6.07, 6.45) is 0.346. The van der Waals surface area contributed by atoms with Crippen LogP contribution in [0, 0.1) is 20.8 Å². The molecule has 3 aromatic heterocycles. The Hall–Kier alpha value is -6.50. The van der Waals surface area contributed by atoms with Gasteiger partial charge in [-0.3, -0.25) is 19.1 Å². The number of hydrogen-bond donors (Lipinski definition) is 3. The zero-order valence-electron chi connectivity index (χ0n) is 39.4. The van der Waals surface area contributed by atoms with Crippen LogP contribution in [0.1, 0.15) is 82.5 Å². The van der Waals surface area contributed by atoms with Gasteiger partial charge in [0.05, 0.1) is 58.2 Å². The van der Waals surface area contributed by atoms with Crippen LogP contribution in [0.4, 0.5) is 17.2 Å². The van der Waals surface area contributed by atoms with Crippen molar-refractivity contribution in [3.63, 3.8) is 0 Å². The van der Waals surface area contributed by atoms with Crippen LogP contribution in [0.3, 0.4) is 0 Å². The molecule has 0 radical (unpaired) electrons. The first-order valence-electron chi connectivity index (χ1n) is 22.7. The number of halogens is 1. The number of pyridine rings is 1. The van der Waals surface area contributed by atoms with Crippen molar-refractivity contribution in [3.05, 3.63) is 128 Å². The smallest absolute Gasteiger partial charge is 0.358 e. The average molecular weight is 976 g/mol. The maximum atomic E-state index is 13.5. The second-order valence-corrected chi connectivity index (χ2v) is 19.1. The Kier molecular flexibility index (Phi) is 15.5. The minimum absolute atomic E-state index is 0.0589. The molecule has 2 amide bonds. The lowest BCUT2D eigenvalue weighted by molar-refractivity contribution is -0.117. The number of fused-ring (bicyclic) bond motifs is 4. The number of rotatable bonds is 20. The highest BCUT2D eigenvalue weighted by Crippen LogP contribution is 2.40. The zero-order valence-corrected chi connectivity index (χ0v) is 41.0. The third-order valence-electron chi connectivity index (χ3n) is 11.2. The highest BCUT2D eigenvalue weighted by Gasteiger charge is 2.33. The number of ether oxygens (including phenoxy) is 5. The number of benzene rings is 3. The Morgan fingerprint density at radius 3 is 2.28 bits per heavy atom. The van der Waals surface area contributed by atoms with Crippen molar-refractivity contribution in [2.75, 3.05) is 68.7 Å². The Labute approximate surface area is 409 Å². The van der Waals surface area contributed by atoms with Crippen LogP contribution >= 0.6 is 22.9 Å². The topological polar surface area (TPSA) is 189 Å². The van der Waals surface area contributed by atoms with Gasteiger partial charge in [0.2, 0.25) is 11.8 Å². The number of nitrogens with zero attached hydrogens (tertiary/aromatic N) is 5. The molecule has 360 valence electrons. The van der Waals surface area contributed by atoms with E-state index < -0.39 is 17.6 Å². The van der Waals surface area contributed by atoms with E-state index in [1.165, 1.54) is 4.88 Å². The summed E-state index contributed by atoms with van der Waals surface area (Å²) in [7, 11) is 0. The number of anilines is 3. The molecule has 3 N–H and O–H groups in total. The van der Waals surface area contributed by atoms with Crippen LogP contribution in [-0.2, 0) is 35.0 Å². The fourth-order valence-electron chi connectivity index (χ4n) is 7.84. The van der Waals surface area contributed by atoms with Crippen LogP contribution in [0.5, 0.6) is 5.75 Å². The van der Waals surface area contributed by atoms with Crippen molar-refractivity contribution < 1.29 is 38.1 Å². The van der Waals surface area contributed by atoms with Gasteiger partial charge in [0, 0.05) is 44.5 Å². The normalized spacial score (nSPS) is 14.0. The van der Waals surface area contributed by atoms with Crippen molar-refractivity contribution in [3.8, 4) is 21.9 Å². The molecular weight excluding hydrogens is 920 g/mol. The summed E-state index contributed by atoms with van der Waals surface area (Å²) in [5, 5.41) is 19.6. The molecule has 0 bridgehead atoms. The number of carbonyl (C=O) groups is 3. The van der Waals surface area contributed by atoms with E-state index in [4.69, 9.17) is 40.3 Å². The molecule has 0 spiro atoms. The summed E-state index contributed by atoms with van der Waals surface area (Å²) >= 11 is 7.91. The van der Waals surface area contributed by atoms with E-state index in [2.05, 4.69) is 45.0 Å². The van der Waals surface area contributed by atoms with Crippen molar-refractivity contribution in [1.82, 2.24) is 19.7 Å². The highest BCUT2D eigenvalue weighted by molar-refractivity contribution is 7.15. The van der Waals surface area contributed by atoms with Crippen LogP contribution < -0.4 is 20.7 Å². The molecule has 2 aliphatic rings. The zero-order chi connectivity index (χ0) is 48.7. The summed E-state index contributed by atoms with van der Waals surface area (Å²) in [5.74, 6) is 1.68. The third kappa shape index (κ3) is 12.2. The fourth-order valence-corrected chi connectivity index (χ4v) is 9.18. The lowest BCUT2D eigenvalue weighted by atomic mass is 9.99. The third-order valence-corrected chi connectivity index (χ3v) is 12.6. The van der Waals surface area contributed by atoms with Gasteiger partial charge in [-0.15, -0.1) is 21.5 Å². The van der Waals surface area contributed by atoms with Gasteiger partial charge in [0.15, 0.2) is 11.5 Å². The van der Waals surface area contributed by atoms with Crippen LogP contribution in [-0.4, -0.2) is 102 Å². The molecule has 0 fully saturated rings. The van der Waals surface area contributed by atoms with E-state index in [0.717, 1.165) is 50.0 Å². The number of amides is 2. The largest absolute Gasteiger partial charge is 0.491 e. The van der Waals surface area contributed by atoms with Crippen molar-refractivity contribution in [2.45, 2.75) is 66.0 Å². The molecule has 69 heavy (non-hydrogen) atoms. The second-order valence-electron chi connectivity index (χ2n) is 17.5. The first kappa shape index (κ1) is 48.9. The van der Waals surface area contributed by atoms with E-state index >= 15 is 0 Å². The first-order chi connectivity index (χ1) is 33.2. The van der Waals surface area contributed by atoms with E-state index in [1.807, 2.05) is 80.8 Å². The number of aryl methyl sites for hydroxylation is 2. The van der Waals surface area contributed by atoms with Gasteiger partial charge < -0.3 is 39.6 Å². The molecule has 16 nitrogen and oxygen atoms in total. The number of esters is 1. The van der Waals surface area contributed by atoms with Crippen LogP contribution in [0.15, 0.2) is 83.9 Å². The van der Waals surface area contributed by atoms with Gasteiger partial charge in [-0.2, -0.15) is 0 Å². The van der Waals surface area contributed by atoms with Crippen LogP contribution in [0.2, 0.25) is 5.02 Å². The standard InChI is InChI=1S/C51H55ClN8O8S/c1-30-31(2)69-49-45(30)46(33-7-10-36(52)11-8-33)56-41(48-59-58-32(3)60(48)49)29-44(62)54-37-12-14-38(15-13-37)67-26-25-66-24-23-65-22-21-64-20-19-53-42-18-16-39(47(57-42)50(63)68-51(4,5)6)34-9-17-40-35(27-34)28-43(61)55-40/h7-18,27,41H,19-26,28-29H2,1-6H3,(H,53,57)(H,54,62)(H,55,61)/t41-/m0/s1. The lowest BCUT2D eigenvalue weighted by Gasteiger charge is -2.20. The minimum atomic E-state index is -0.705. The molecule has 1 atom stereocenters. The molecular formula is C51H55ClN8O8S. The molecule has 3 aromatic carbocycles. The summed E-state index contributed by atoms with van der Waals surface area (Å²) in [6.45, 7) is 14.7. The van der Waals surface area contributed by atoms with Gasteiger partial charge in [-0.25, -0.2) is 9.78 Å². The second kappa shape index (κ2) is 21.9. The monoisotopic (exact) mass is 974 g/mol. The Bertz CT molecular complexity index is 2860. The predicted octanol–water partition coefficient (Wildman–Crippen LogP) is 8.88. The molecule has 18 heteroatoms. The Morgan fingerprint density at radius 2 is 1.55 bits per heavy atom. The SMILES string of the molecule is Cc1sc2c(c1C)C(c1ccc(Cl)cc1)=N[C@@H](CC(=O)Nc1ccc(OCCOCCOCCOCCNc3ccc(-c4ccc5c(c4)CC(=O)N5)c(C(=O)OC(C)(C)C)n3)cc1)c1nnc(C)n1-2. The van der Waals surface area contributed by atoms with Gasteiger partial charge in [-0.1, -0.05) is 29.8 Å². The molecule has 0 saturated heterocycles. The van der Waals surface area contributed by atoms with Gasteiger partial charge >= 0.3 is 5.97 Å². The van der Waals surface area contributed by atoms with Crippen molar-refractivity contribution in [2.24, 2.45) is 4.99 Å². The Balaban J connectivity index is 0.722. The molecule has 0 unspecified atom stereocenters. The number of thiophene rings is 1. The quantitative estimate of drug-likeness (QED) is 0.0488. The summed E-state index contributed by atoms with van der Waals surface area (Å²) in [5.41, 5.74) is 6.97. The van der Waals surface area contributed by atoms with Crippen molar-refractivity contribution in [1.29, 1.82) is 0 Å². The number of aromatic nitrogens is 4. The average Bonchev–Trinajstić information content (AvgIpc) is 3.95. The lowest BCUT2D eigenvalue weighted by Crippen LogP contribution is -2.25. The first-order valence-corrected chi connectivity index (χ1v) is 23.9. The fraction of sp³-hybridized carbons (Fsp3) is 0.353. The number of hydrogen-bond acceptors (Lipinski definition) is 14. The molecule has 2 aliphatic heterocycles. The number of nitrogens with one attached hydrogen (secondary N) is 3. The number of aliphatic imine (C=N–C) groups is 1. The molecule has 6 aromatic rings. The summed E-state index contributed by atoms with van der Waals surface area (Å²) in [6, 6.07) is 23.4. The molecule has 8 rings (SSSR count). The van der Waals surface area contributed by atoms with E-state index in [9.17, 15) is 14.4 Å². The number of carbonyl (C=O) groups excluding carboxylic acids is 3. The van der Waals surface area contributed by atoms with Gasteiger partial charge in [0.25, 0.3) is 0 Å². The maximum absolute atomic E-state index is 13.5. The molecule has 5 heterocycles. The van der Waals surface area contributed by atoms with Crippen molar-refractivity contribution >= 4 is 63.6 Å². The van der Waals surface area contributed by atoms with Crippen LogP contribution in [0.25, 0.3) is 16.1 Å². The van der Waals surface area contributed by atoms with Gasteiger partial charge in [-0.05, 0) is 119 Å². The van der Waals surface area contributed by atoms with E-state index in [-0.39, 0.29) is 30.3 Å². The minimum Gasteiger partial charge on any atom is -0.491 e. The predicted molar refractivity (Wildman–Crippen MR) is 267 cm³/mol. The van der Waals surface area contributed by atoms with E-state index in [0.29, 0.717) is 86.5 Å². The van der Waals surface area contributed by atoms with Gasteiger partial charge in [0.1, 0.15) is 40.6 Å².